The van der Waals surface area contributed by atoms with E-state index in [0.29, 0.717) is 6.61 Å². The Hall–Kier alpha value is -2.50. The van der Waals surface area contributed by atoms with Crippen molar-refractivity contribution in [3.63, 3.8) is 0 Å². The summed E-state index contributed by atoms with van der Waals surface area (Å²) in [6.07, 6.45) is 2.34. The highest BCUT2D eigenvalue weighted by atomic mass is 16.5. The fourth-order valence-electron chi connectivity index (χ4n) is 2.48. The summed E-state index contributed by atoms with van der Waals surface area (Å²) in [5, 5.41) is 6.46. The van der Waals surface area contributed by atoms with Gasteiger partial charge in [0, 0.05) is 42.5 Å². The van der Waals surface area contributed by atoms with Gasteiger partial charge in [0.25, 0.3) is 0 Å². The van der Waals surface area contributed by atoms with Gasteiger partial charge in [-0.05, 0) is 6.92 Å². The average Bonchev–Trinajstić information content (AvgIpc) is 2.69. The summed E-state index contributed by atoms with van der Waals surface area (Å²) in [7, 11) is 1.63. The van der Waals surface area contributed by atoms with E-state index in [0.717, 1.165) is 41.4 Å². The van der Waals surface area contributed by atoms with Crippen molar-refractivity contribution in [3.05, 3.63) is 29.6 Å². The quantitative estimate of drug-likeness (QED) is 0.833. The summed E-state index contributed by atoms with van der Waals surface area (Å²) in [5.74, 6) is 0.329. The van der Waals surface area contributed by atoms with Crippen LogP contribution in [0.15, 0.2) is 29.0 Å². The minimum atomic E-state index is -0.419. The number of methoxy groups -OCH3 is 1. The van der Waals surface area contributed by atoms with Crippen molar-refractivity contribution in [3.8, 4) is 5.75 Å². The molecule has 0 radical (unpaired) electrons. The molecule has 0 spiro atoms. The number of hydrogen-bond acceptors (Lipinski definition) is 6. The van der Waals surface area contributed by atoms with E-state index < -0.39 is 5.97 Å². The number of carbonyl (C=O) groups excluding carboxylic acids is 1. The summed E-state index contributed by atoms with van der Waals surface area (Å²) in [6.45, 7) is 2.88. The van der Waals surface area contributed by atoms with E-state index in [2.05, 4.69) is 15.6 Å². The molecule has 2 aliphatic heterocycles. The van der Waals surface area contributed by atoms with E-state index in [-0.39, 0.29) is 5.70 Å². The Labute approximate surface area is 122 Å². The highest BCUT2D eigenvalue weighted by Gasteiger charge is 2.24. The third kappa shape index (κ3) is 2.44. The molecule has 0 atom stereocenters. The molecule has 0 aliphatic carbocycles. The summed E-state index contributed by atoms with van der Waals surface area (Å²) in [4.78, 5) is 16.4. The van der Waals surface area contributed by atoms with Crippen molar-refractivity contribution in [1.29, 1.82) is 0 Å². The predicted octanol–water partition coefficient (Wildman–Crippen LogP) is 2.13. The molecule has 3 rings (SSSR count). The fourth-order valence-corrected chi connectivity index (χ4v) is 2.48. The largest absolute Gasteiger partial charge is 0.497 e. The molecule has 0 saturated heterocycles. The van der Waals surface area contributed by atoms with Gasteiger partial charge in [0.05, 0.1) is 25.1 Å². The van der Waals surface area contributed by atoms with E-state index in [9.17, 15) is 4.79 Å². The lowest BCUT2D eigenvalue weighted by Crippen LogP contribution is -2.20. The Morgan fingerprint density at radius 2 is 2.19 bits per heavy atom. The van der Waals surface area contributed by atoms with Crippen molar-refractivity contribution < 1.29 is 14.3 Å². The summed E-state index contributed by atoms with van der Waals surface area (Å²) < 4.78 is 10.3. The Kier molecular flexibility index (Phi) is 3.51. The lowest BCUT2D eigenvalue weighted by Gasteiger charge is -2.22. The van der Waals surface area contributed by atoms with Crippen LogP contribution in [0, 0.1) is 0 Å². The van der Waals surface area contributed by atoms with E-state index in [1.165, 1.54) is 0 Å². The number of nitrogens with one attached hydrogen (secondary N) is 2. The van der Waals surface area contributed by atoms with Crippen LogP contribution in [0.25, 0.3) is 0 Å². The number of esters is 1. The molecule has 6 heteroatoms. The zero-order valence-electron chi connectivity index (χ0n) is 12.0. The highest BCUT2D eigenvalue weighted by molar-refractivity contribution is 6.14. The second kappa shape index (κ2) is 5.47. The zero-order valence-corrected chi connectivity index (χ0v) is 12.0. The third-order valence-electron chi connectivity index (χ3n) is 3.42. The lowest BCUT2D eigenvalue weighted by atomic mass is 9.98. The Morgan fingerprint density at radius 3 is 2.95 bits per heavy atom. The molecule has 0 amide bonds. The number of carbonyl (C=O) groups is 1. The second-order valence-corrected chi connectivity index (χ2v) is 4.73. The number of rotatable bonds is 3. The molecule has 1 aromatic carbocycles. The molecule has 2 N–H and O–H groups in total. The van der Waals surface area contributed by atoms with Gasteiger partial charge in [-0.2, -0.15) is 0 Å². The first kappa shape index (κ1) is 13.5. The van der Waals surface area contributed by atoms with Crippen LogP contribution in [0.5, 0.6) is 5.75 Å². The van der Waals surface area contributed by atoms with Crippen LogP contribution in [-0.4, -0.2) is 31.9 Å². The van der Waals surface area contributed by atoms with E-state index in [1.807, 2.05) is 12.1 Å². The SMILES string of the molecule is CCOC(=O)C1=CNc2cc(OC)cc3c2C(=N1)CCN3. The van der Waals surface area contributed by atoms with Crippen LogP contribution >= 0.6 is 0 Å². The van der Waals surface area contributed by atoms with Gasteiger partial charge in [0.1, 0.15) is 5.75 Å². The first-order valence-electron chi connectivity index (χ1n) is 6.90. The maximum atomic E-state index is 11.9. The van der Waals surface area contributed by atoms with Gasteiger partial charge in [-0.15, -0.1) is 0 Å². The van der Waals surface area contributed by atoms with Crippen molar-refractivity contribution in [1.82, 2.24) is 0 Å². The number of ether oxygens (including phenoxy) is 2. The molecular formula is C15H17N3O3. The van der Waals surface area contributed by atoms with Gasteiger partial charge in [-0.1, -0.05) is 0 Å². The molecule has 0 aromatic heterocycles. The maximum Gasteiger partial charge on any atom is 0.358 e. The van der Waals surface area contributed by atoms with Crippen LogP contribution in [0.4, 0.5) is 11.4 Å². The summed E-state index contributed by atoms with van der Waals surface area (Å²) >= 11 is 0. The zero-order chi connectivity index (χ0) is 14.8. The standard InChI is InChI=1S/C15H17N3O3/c1-3-21-15(19)13-8-17-12-7-9(20-2)6-11-14(12)10(18-13)4-5-16-11/h6-8,16-17H,3-5H2,1-2H3. The van der Waals surface area contributed by atoms with Gasteiger partial charge in [-0.25, -0.2) is 9.79 Å². The first-order chi connectivity index (χ1) is 10.2. The smallest absolute Gasteiger partial charge is 0.358 e. The van der Waals surface area contributed by atoms with E-state index >= 15 is 0 Å². The van der Waals surface area contributed by atoms with E-state index in [4.69, 9.17) is 9.47 Å². The average molecular weight is 287 g/mol. The molecule has 2 aliphatic rings. The molecule has 0 fully saturated rings. The second-order valence-electron chi connectivity index (χ2n) is 4.73. The number of nitrogens with zero attached hydrogens (tertiary/aromatic N) is 1. The summed E-state index contributed by atoms with van der Waals surface area (Å²) in [5.41, 5.74) is 3.98. The van der Waals surface area contributed by atoms with Gasteiger partial charge in [0.2, 0.25) is 0 Å². The van der Waals surface area contributed by atoms with Crippen LogP contribution in [0.2, 0.25) is 0 Å². The number of aliphatic imine (C=N–C) groups is 1. The molecule has 0 bridgehead atoms. The lowest BCUT2D eigenvalue weighted by molar-refractivity contribution is -0.138. The number of hydrogen-bond donors (Lipinski definition) is 2. The Balaban J connectivity index is 2.07. The van der Waals surface area contributed by atoms with Gasteiger partial charge in [-0.3, -0.25) is 0 Å². The van der Waals surface area contributed by atoms with Gasteiger partial charge in [0.15, 0.2) is 5.70 Å². The molecule has 21 heavy (non-hydrogen) atoms. The maximum absolute atomic E-state index is 11.9. The third-order valence-corrected chi connectivity index (χ3v) is 3.42. The minimum Gasteiger partial charge on any atom is -0.497 e. The molecule has 0 unspecified atom stereocenters. The summed E-state index contributed by atoms with van der Waals surface area (Å²) in [6, 6.07) is 3.83. The predicted molar refractivity (Wildman–Crippen MR) is 81.0 cm³/mol. The molecule has 2 heterocycles. The van der Waals surface area contributed by atoms with Gasteiger partial charge >= 0.3 is 5.97 Å². The molecule has 110 valence electrons. The molecule has 6 nitrogen and oxygen atoms in total. The molecule has 0 saturated carbocycles. The molecule has 1 aromatic rings. The van der Waals surface area contributed by atoms with Crippen molar-refractivity contribution in [2.45, 2.75) is 13.3 Å². The van der Waals surface area contributed by atoms with Crippen molar-refractivity contribution in [2.24, 2.45) is 4.99 Å². The van der Waals surface area contributed by atoms with E-state index in [1.54, 1.807) is 20.2 Å². The van der Waals surface area contributed by atoms with Crippen molar-refractivity contribution >= 4 is 23.1 Å². The van der Waals surface area contributed by atoms with Crippen LogP contribution in [0.3, 0.4) is 0 Å². The monoisotopic (exact) mass is 287 g/mol. The molecular weight excluding hydrogens is 270 g/mol. The van der Waals surface area contributed by atoms with Crippen LogP contribution in [0.1, 0.15) is 18.9 Å². The fraction of sp³-hybridized carbons (Fsp3) is 0.333. The van der Waals surface area contributed by atoms with Gasteiger partial charge < -0.3 is 20.1 Å². The minimum absolute atomic E-state index is 0.287. The number of anilines is 2. The first-order valence-corrected chi connectivity index (χ1v) is 6.90. The van der Waals surface area contributed by atoms with Crippen LogP contribution in [-0.2, 0) is 9.53 Å². The topological polar surface area (TPSA) is 72.0 Å². The Morgan fingerprint density at radius 1 is 1.38 bits per heavy atom. The normalized spacial score (nSPS) is 15.5. The number of benzene rings is 1. The Bertz CT molecular complexity index is 650. The van der Waals surface area contributed by atoms with Crippen molar-refractivity contribution in [2.75, 3.05) is 30.9 Å². The van der Waals surface area contributed by atoms with Crippen LogP contribution < -0.4 is 15.4 Å². The highest BCUT2D eigenvalue weighted by Crippen LogP contribution is 2.36.